The van der Waals surface area contributed by atoms with Gasteiger partial charge in [-0.1, -0.05) is 18.2 Å². The fourth-order valence-electron chi connectivity index (χ4n) is 3.07. The van der Waals surface area contributed by atoms with Crippen LogP contribution in [0.15, 0.2) is 48.7 Å². The van der Waals surface area contributed by atoms with Gasteiger partial charge in [-0.15, -0.1) is 0 Å². The number of hydrogen-bond donors (Lipinski definition) is 1. The third-order valence-corrected chi connectivity index (χ3v) is 4.40. The summed E-state index contributed by atoms with van der Waals surface area (Å²) < 4.78 is 0. The molecule has 1 N–H and O–H groups in total. The maximum absolute atomic E-state index is 12.2. The Kier molecular flexibility index (Phi) is 5.23. The van der Waals surface area contributed by atoms with E-state index in [1.807, 2.05) is 18.2 Å². The van der Waals surface area contributed by atoms with E-state index in [-0.39, 0.29) is 17.6 Å². The smallest absolute Gasteiger partial charge is 0.287 e. The molecule has 130 valence electrons. The van der Waals surface area contributed by atoms with Gasteiger partial charge in [0.2, 0.25) is 0 Å². The van der Waals surface area contributed by atoms with Crippen LogP contribution in [0, 0.1) is 10.1 Å². The first kappa shape index (κ1) is 16.9. The van der Waals surface area contributed by atoms with Gasteiger partial charge in [-0.2, -0.15) is 0 Å². The van der Waals surface area contributed by atoms with Crippen molar-refractivity contribution in [3.8, 4) is 0 Å². The summed E-state index contributed by atoms with van der Waals surface area (Å²) in [5.41, 5.74) is 0.619. The van der Waals surface area contributed by atoms with Gasteiger partial charge in [0.15, 0.2) is 0 Å². The van der Waals surface area contributed by atoms with Crippen molar-refractivity contribution >= 4 is 17.4 Å². The van der Waals surface area contributed by atoms with E-state index in [1.54, 1.807) is 18.2 Å². The van der Waals surface area contributed by atoms with Crippen LogP contribution in [0.25, 0.3) is 0 Å². The Morgan fingerprint density at radius 2 is 2.04 bits per heavy atom. The number of piperidine rings is 1. The van der Waals surface area contributed by atoms with Gasteiger partial charge in [0.1, 0.15) is 12.0 Å². The molecule has 1 aliphatic rings. The van der Waals surface area contributed by atoms with Gasteiger partial charge >= 0.3 is 0 Å². The van der Waals surface area contributed by atoms with Crippen LogP contribution in [0.4, 0.5) is 11.5 Å². The topological polar surface area (TPSA) is 88.4 Å². The fraction of sp³-hybridized carbons (Fsp3) is 0.333. The molecule has 1 saturated heterocycles. The average molecular weight is 340 g/mol. The van der Waals surface area contributed by atoms with Crippen LogP contribution in [0.1, 0.15) is 29.6 Å². The fourth-order valence-corrected chi connectivity index (χ4v) is 3.07. The summed E-state index contributed by atoms with van der Waals surface area (Å²) in [6, 6.07) is 12.4. The number of aromatic nitrogens is 1. The van der Waals surface area contributed by atoms with Crippen LogP contribution in [-0.2, 0) is 0 Å². The lowest BCUT2D eigenvalue weighted by molar-refractivity contribution is -0.385. The molecule has 25 heavy (non-hydrogen) atoms. The zero-order valence-corrected chi connectivity index (χ0v) is 13.8. The van der Waals surface area contributed by atoms with Crippen LogP contribution in [0.2, 0.25) is 0 Å². The number of carbonyl (C=O) groups is 1. The van der Waals surface area contributed by atoms with Crippen molar-refractivity contribution in [2.75, 3.05) is 18.0 Å². The standard InChI is InChI=1S/C18H20N4O3/c23-18(14-6-2-1-3-7-14)20-12-15-8-4-5-11-21(15)17-10-9-16(13-19-17)22(24)25/h1-3,6-7,9-10,13,15H,4-5,8,11-12H2,(H,20,23). The Morgan fingerprint density at radius 1 is 1.24 bits per heavy atom. The number of carbonyl (C=O) groups excluding carboxylic acids is 1. The van der Waals surface area contributed by atoms with Crippen LogP contribution >= 0.6 is 0 Å². The van der Waals surface area contributed by atoms with Gasteiger partial charge < -0.3 is 10.2 Å². The lowest BCUT2D eigenvalue weighted by atomic mass is 10.0. The molecule has 1 unspecified atom stereocenters. The third kappa shape index (κ3) is 4.12. The van der Waals surface area contributed by atoms with Gasteiger partial charge in [0.25, 0.3) is 11.6 Å². The number of pyridine rings is 1. The summed E-state index contributed by atoms with van der Waals surface area (Å²) in [7, 11) is 0. The molecule has 0 bridgehead atoms. The number of anilines is 1. The summed E-state index contributed by atoms with van der Waals surface area (Å²) in [6.45, 7) is 1.35. The van der Waals surface area contributed by atoms with Crippen LogP contribution in [0.3, 0.4) is 0 Å². The summed E-state index contributed by atoms with van der Waals surface area (Å²) in [6.07, 6.45) is 4.37. The molecule has 1 amide bonds. The summed E-state index contributed by atoms with van der Waals surface area (Å²) >= 11 is 0. The molecule has 7 nitrogen and oxygen atoms in total. The van der Waals surface area contributed by atoms with Crippen molar-refractivity contribution in [3.05, 3.63) is 64.3 Å². The van der Waals surface area contributed by atoms with Crippen molar-refractivity contribution < 1.29 is 9.72 Å². The Bertz CT molecular complexity index is 734. The molecule has 1 aromatic carbocycles. The minimum Gasteiger partial charge on any atom is -0.352 e. The molecule has 0 spiro atoms. The quantitative estimate of drug-likeness (QED) is 0.668. The van der Waals surface area contributed by atoms with Crippen LogP contribution in [0.5, 0.6) is 0 Å². The number of benzene rings is 1. The second-order valence-corrected chi connectivity index (χ2v) is 6.05. The largest absolute Gasteiger partial charge is 0.352 e. The van der Waals surface area contributed by atoms with E-state index in [9.17, 15) is 14.9 Å². The molecule has 1 fully saturated rings. The minimum atomic E-state index is -0.454. The predicted molar refractivity (Wildman–Crippen MR) is 94.7 cm³/mol. The van der Waals surface area contributed by atoms with Crippen molar-refractivity contribution in [2.24, 2.45) is 0 Å². The molecule has 2 heterocycles. The van der Waals surface area contributed by atoms with Crippen molar-refractivity contribution in [2.45, 2.75) is 25.3 Å². The molecule has 1 aromatic heterocycles. The van der Waals surface area contributed by atoms with E-state index in [2.05, 4.69) is 15.2 Å². The van der Waals surface area contributed by atoms with Gasteiger partial charge in [-0.25, -0.2) is 4.98 Å². The maximum Gasteiger partial charge on any atom is 0.287 e. The first-order valence-electron chi connectivity index (χ1n) is 8.35. The normalized spacial score (nSPS) is 17.1. The SMILES string of the molecule is O=C(NCC1CCCCN1c1ccc([N+](=O)[O-])cn1)c1ccccc1. The minimum absolute atomic E-state index is 0.0188. The van der Waals surface area contributed by atoms with Gasteiger partial charge in [-0.3, -0.25) is 14.9 Å². The number of amides is 1. The second kappa shape index (κ2) is 7.74. The van der Waals surface area contributed by atoms with Crippen LogP contribution in [-0.4, -0.2) is 34.9 Å². The zero-order chi connectivity index (χ0) is 17.6. The van der Waals surface area contributed by atoms with Gasteiger partial charge in [0, 0.05) is 30.8 Å². The highest BCUT2D eigenvalue weighted by molar-refractivity contribution is 5.94. The maximum atomic E-state index is 12.2. The van der Waals surface area contributed by atoms with Crippen LogP contribution < -0.4 is 10.2 Å². The van der Waals surface area contributed by atoms with Crippen molar-refractivity contribution in [3.63, 3.8) is 0 Å². The lowest BCUT2D eigenvalue weighted by Gasteiger charge is -2.36. The molecular weight excluding hydrogens is 320 g/mol. The van der Waals surface area contributed by atoms with E-state index < -0.39 is 4.92 Å². The number of nitro groups is 1. The van der Waals surface area contributed by atoms with E-state index in [4.69, 9.17) is 0 Å². The van der Waals surface area contributed by atoms with E-state index in [0.29, 0.717) is 17.9 Å². The molecule has 1 aliphatic heterocycles. The lowest BCUT2D eigenvalue weighted by Crippen LogP contribution is -2.47. The average Bonchev–Trinajstić information content (AvgIpc) is 2.67. The molecule has 1 atom stereocenters. The first-order chi connectivity index (χ1) is 12.1. The number of nitrogens with zero attached hydrogens (tertiary/aromatic N) is 3. The van der Waals surface area contributed by atoms with Gasteiger partial charge in [0.05, 0.1) is 4.92 Å². The van der Waals surface area contributed by atoms with Gasteiger partial charge in [-0.05, 0) is 37.5 Å². The Morgan fingerprint density at radius 3 is 2.72 bits per heavy atom. The highest BCUT2D eigenvalue weighted by Gasteiger charge is 2.24. The monoisotopic (exact) mass is 340 g/mol. The summed E-state index contributed by atoms with van der Waals surface area (Å²) in [5.74, 6) is 0.618. The molecular formula is C18H20N4O3. The number of rotatable bonds is 5. The Hall–Kier alpha value is -2.96. The molecule has 0 saturated carbocycles. The van der Waals surface area contributed by atoms with Crippen molar-refractivity contribution in [1.29, 1.82) is 0 Å². The zero-order valence-electron chi connectivity index (χ0n) is 13.8. The summed E-state index contributed by atoms with van der Waals surface area (Å²) in [4.78, 5) is 28.9. The molecule has 2 aromatic rings. The van der Waals surface area contributed by atoms with Crippen molar-refractivity contribution in [1.82, 2.24) is 10.3 Å². The highest BCUT2D eigenvalue weighted by atomic mass is 16.6. The Balaban J connectivity index is 1.66. The molecule has 0 aliphatic carbocycles. The number of hydrogen-bond acceptors (Lipinski definition) is 5. The molecule has 0 radical (unpaired) electrons. The Labute approximate surface area is 145 Å². The highest BCUT2D eigenvalue weighted by Crippen LogP contribution is 2.24. The summed E-state index contributed by atoms with van der Waals surface area (Å²) in [5, 5.41) is 13.8. The molecule has 7 heteroatoms. The van der Waals surface area contributed by atoms with E-state index in [1.165, 1.54) is 12.3 Å². The predicted octanol–water partition coefficient (Wildman–Crippen LogP) is 2.78. The first-order valence-corrected chi connectivity index (χ1v) is 8.35. The second-order valence-electron chi connectivity index (χ2n) is 6.05. The molecule has 3 rings (SSSR count). The third-order valence-electron chi connectivity index (χ3n) is 4.40. The van der Waals surface area contributed by atoms with E-state index >= 15 is 0 Å². The van der Waals surface area contributed by atoms with E-state index in [0.717, 1.165) is 25.8 Å². The number of nitrogens with one attached hydrogen (secondary N) is 1.